The fourth-order valence-corrected chi connectivity index (χ4v) is 6.11. The highest BCUT2D eigenvalue weighted by Crippen LogP contribution is 2.45. The van der Waals surface area contributed by atoms with Crippen LogP contribution in [0.15, 0.2) is 48.5 Å². The second-order valence-electron chi connectivity index (χ2n) is 14.5. The number of carbonyl (C=O) groups is 1. The van der Waals surface area contributed by atoms with Gasteiger partial charge in [-0.3, -0.25) is 4.98 Å². The Hall–Kier alpha value is -4.18. The third-order valence-corrected chi connectivity index (χ3v) is 8.52. The van der Waals surface area contributed by atoms with Gasteiger partial charge >= 0.3 is 5.97 Å². The molecule has 2 aromatic heterocycles. The summed E-state index contributed by atoms with van der Waals surface area (Å²) in [5.41, 5.74) is 6.60. The molecule has 0 bridgehead atoms. The molecule has 0 spiro atoms. The van der Waals surface area contributed by atoms with Crippen LogP contribution in [0.2, 0.25) is 0 Å². The molecule has 3 heterocycles. The molecule has 47 heavy (non-hydrogen) atoms. The second-order valence-corrected chi connectivity index (χ2v) is 14.5. The zero-order chi connectivity index (χ0) is 34.1. The molecule has 0 aliphatic carbocycles. The SMILES string of the molecule is Cc1nc(C)c([C@H](OC(C)(C)C)C(=O)OC(C)C)c(N2CCC(C)(C)CC2)c1-c1ccc(-c2nnnn2Cc2ccc(F)cc2)cc1. The highest BCUT2D eigenvalue weighted by atomic mass is 19.1. The molecule has 0 N–H and O–H groups in total. The van der Waals surface area contributed by atoms with Crippen molar-refractivity contribution in [2.45, 2.75) is 99.5 Å². The summed E-state index contributed by atoms with van der Waals surface area (Å²) in [5, 5.41) is 12.4. The highest BCUT2D eigenvalue weighted by Gasteiger charge is 2.37. The van der Waals surface area contributed by atoms with Gasteiger partial charge < -0.3 is 14.4 Å². The van der Waals surface area contributed by atoms with Gasteiger partial charge in [-0.25, -0.2) is 13.9 Å². The van der Waals surface area contributed by atoms with Gasteiger partial charge in [0.2, 0.25) is 0 Å². The average Bonchev–Trinajstić information content (AvgIpc) is 3.44. The largest absolute Gasteiger partial charge is 0.461 e. The summed E-state index contributed by atoms with van der Waals surface area (Å²) in [6, 6.07) is 14.4. The Morgan fingerprint density at radius 3 is 2.17 bits per heavy atom. The number of carbonyl (C=O) groups excluding carboxylic acids is 1. The van der Waals surface area contributed by atoms with Crippen molar-refractivity contribution in [3.63, 3.8) is 0 Å². The van der Waals surface area contributed by atoms with Crippen molar-refractivity contribution in [2.24, 2.45) is 5.41 Å². The van der Waals surface area contributed by atoms with Crippen LogP contribution in [0.3, 0.4) is 0 Å². The fraction of sp³-hybridized carbons (Fsp3) is 0.486. The number of benzene rings is 2. The van der Waals surface area contributed by atoms with Gasteiger partial charge in [0, 0.05) is 41.2 Å². The van der Waals surface area contributed by atoms with Gasteiger partial charge in [-0.1, -0.05) is 50.2 Å². The summed E-state index contributed by atoms with van der Waals surface area (Å²) in [7, 11) is 0. The number of halogens is 1. The first-order chi connectivity index (χ1) is 22.1. The van der Waals surface area contributed by atoms with Crippen LogP contribution in [0, 0.1) is 25.1 Å². The standard InChI is InChI=1S/C37H47FN6O3/c1-23(2)46-35(45)33(47-36(5,6)7)31-25(4)39-24(3)30(32(31)43-20-18-37(8,9)19-21-43)27-12-14-28(15-13-27)34-40-41-42-44(34)22-26-10-16-29(38)17-11-26/h10-17,23,33H,18-22H2,1-9H3/t33-/m0/s1. The van der Waals surface area contributed by atoms with Crippen LogP contribution in [0.1, 0.15) is 89.9 Å². The number of aryl methyl sites for hydroxylation is 2. The number of hydrogen-bond donors (Lipinski definition) is 0. The molecular weight excluding hydrogens is 595 g/mol. The lowest BCUT2D eigenvalue weighted by Crippen LogP contribution is -2.39. The van der Waals surface area contributed by atoms with E-state index < -0.39 is 17.7 Å². The van der Waals surface area contributed by atoms with Crippen molar-refractivity contribution in [3.05, 3.63) is 76.9 Å². The third-order valence-electron chi connectivity index (χ3n) is 8.52. The van der Waals surface area contributed by atoms with Crippen LogP contribution in [0.5, 0.6) is 0 Å². The number of esters is 1. The van der Waals surface area contributed by atoms with Crippen molar-refractivity contribution >= 4 is 11.7 Å². The van der Waals surface area contributed by atoms with E-state index in [0.717, 1.165) is 70.8 Å². The molecular formula is C37H47FN6O3. The topological polar surface area (TPSA) is 95.3 Å². The Kier molecular flexibility index (Phi) is 9.82. The number of hydrogen-bond acceptors (Lipinski definition) is 8. The molecule has 1 aliphatic rings. The summed E-state index contributed by atoms with van der Waals surface area (Å²) >= 11 is 0. The van der Waals surface area contributed by atoms with E-state index in [2.05, 4.69) is 46.4 Å². The summed E-state index contributed by atoms with van der Waals surface area (Å²) < 4.78 is 27.5. The molecule has 250 valence electrons. The molecule has 4 aromatic rings. The molecule has 0 radical (unpaired) electrons. The van der Waals surface area contributed by atoms with E-state index in [1.807, 2.05) is 60.6 Å². The Morgan fingerprint density at radius 2 is 1.57 bits per heavy atom. The minimum Gasteiger partial charge on any atom is -0.461 e. The minimum atomic E-state index is -0.954. The minimum absolute atomic E-state index is 0.228. The van der Waals surface area contributed by atoms with E-state index >= 15 is 0 Å². The Morgan fingerprint density at radius 1 is 0.957 bits per heavy atom. The maximum Gasteiger partial charge on any atom is 0.340 e. The van der Waals surface area contributed by atoms with E-state index in [0.29, 0.717) is 12.4 Å². The fourth-order valence-electron chi connectivity index (χ4n) is 6.11. The molecule has 1 aliphatic heterocycles. The molecule has 5 rings (SSSR count). The molecule has 0 amide bonds. The van der Waals surface area contributed by atoms with Crippen LogP contribution >= 0.6 is 0 Å². The normalized spacial score (nSPS) is 15.6. The van der Waals surface area contributed by atoms with Crippen LogP contribution in [0.25, 0.3) is 22.5 Å². The molecule has 9 nitrogen and oxygen atoms in total. The molecule has 0 unspecified atom stereocenters. The van der Waals surface area contributed by atoms with Crippen LogP contribution < -0.4 is 4.90 Å². The van der Waals surface area contributed by atoms with Crippen molar-refractivity contribution < 1.29 is 18.7 Å². The third kappa shape index (κ3) is 8.04. The summed E-state index contributed by atoms with van der Waals surface area (Å²) in [5.74, 6) is -0.100. The number of tetrazole rings is 1. The van der Waals surface area contributed by atoms with Gasteiger partial charge in [-0.05, 0) is 100 Å². The zero-order valence-electron chi connectivity index (χ0n) is 29.1. The maximum absolute atomic E-state index is 13.8. The lowest BCUT2D eigenvalue weighted by atomic mass is 9.81. The number of anilines is 1. The Balaban J connectivity index is 1.62. The zero-order valence-corrected chi connectivity index (χ0v) is 29.1. The summed E-state index contributed by atoms with van der Waals surface area (Å²) in [6.07, 6.45) is 0.787. The quantitative estimate of drug-likeness (QED) is 0.172. The molecule has 1 atom stereocenters. The van der Waals surface area contributed by atoms with Gasteiger partial charge in [-0.15, -0.1) is 5.10 Å². The van der Waals surface area contributed by atoms with Gasteiger partial charge in [0.1, 0.15) is 5.82 Å². The number of nitrogens with zero attached hydrogens (tertiary/aromatic N) is 6. The average molecular weight is 643 g/mol. The van der Waals surface area contributed by atoms with Crippen molar-refractivity contribution in [1.82, 2.24) is 25.2 Å². The Labute approximate surface area is 277 Å². The predicted molar refractivity (Wildman–Crippen MR) is 181 cm³/mol. The van der Waals surface area contributed by atoms with Crippen molar-refractivity contribution in [1.29, 1.82) is 0 Å². The first-order valence-electron chi connectivity index (χ1n) is 16.4. The highest BCUT2D eigenvalue weighted by molar-refractivity contribution is 5.89. The monoisotopic (exact) mass is 642 g/mol. The predicted octanol–water partition coefficient (Wildman–Crippen LogP) is 7.64. The van der Waals surface area contributed by atoms with Crippen molar-refractivity contribution in [2.75, 3.05) is 18.0 Å². The van der Waals surface area contributed by atoms with E-state index in [4.69, 9.17) is 14.5 Å². The first kappa shape index (κ1) is 34.2. The molecule has 2 aromatic carbocycles. The van der Waals surface area contributed by atoms with Crippen LogP contribution in [-0.2, 0) is 20.8 Å². The van der Waals surface area contributed by atoms with Gasteiger partial charge in [0.05, 0.1) is 23.9 Å². The molecule has 1 saturated heterocycles. The summed E-state index contributed by atoms with van der Waals surface area (Å²) in [4.78, 5) is 21.2. The second kappa shape index (κ2) is 13.5. The number of aromatic nitrogens is 5. The maximum atomic E-state index is 13.8. The smallest absolute Gasteiger partial charge is 0.340 e. The van der Waals surface area contributed by atoms with E-state index in [-0.39, 0.29) is 17.3 Å². The number of ether oxygens (including phenoxy) is 2. The van der Waals surface area contributed by atoms with Gasteiger partial charge in [0.15, 0.2) is 11.9 Å². The lowest BCUT2D eigenvalue weighted by Gasteiger charge is -2.41. The van der Waals surface area contributed by atoms with Crippen LogP contribution in [-0.4, -0.2) is 56.0 Å². The van der Waals surface area contributed by atoms with Crippen LogP contribution in [0.4, 0.5) is 10.1 Å². The number of pyridine rings is 1. The summed E-state index contributed by atoms with van der Waals surface area (Å²) in [6.45, 7) is 20.2. The van der Waals surface area contributed by atoms with E-state index in [1.165, 1.54) is 12.1 Å². The Bertz CT molecular complexity index is 1700. The van der Waals surface area contributed by atoms with E-state index in [1.54, 1.807) is 16.8 Å². The molecule has 0 saturated carbocycles. The number of piperidine rings is 1. The van der Waals surface area contributed by atoms with Crippen molar-refractivity contribution in [3.8, 4) is 22.5 Å². The molecule has 10 heteroatoms. The van der Waals surface area contributed by atoms with Gasteiger partial charge in [0.25, 0.3) is 0 Å². The van der Waals surface area contributed by atoms with E-state index in [9.17, 15) is 9.18 Å². The molecule has 1 fully saturated rings. The number of rotatable bonds is 9. The lowest BCUT2D eigenvalue weighted by molar-refractivity contribution is -0.171. The first-order valence-corrected chi connectivity index (χ1v) is 16.4. The van der Waals surface area contributed by atoms with Gasteiger partial charge in [-0.2, -0.15) is 0 Å².